The fourth-order valence-corrected chi connectivity index (χ4v) is 1.98. The number of nitrogens with two attached hydrogens (primary N) is 1. The zero-order valence-electron chi connectivity index (χ0n) is 10.2. The lowest BCUT2D eigenvalue weighted by molar-refractivity contribution is 0.0113. The maximum atomic E-state index is 5.99. The van der Waals surface area contributed by atoms with E-state index in [2.05, 4.69) is 9.97 Å². The van der Waals surface area contributed by atoms with Gasteiger partial charge in [0.2, 0.25) is 0 Å². The monoisotopic (exact) mass is 221 g/mol. The molecule has 0 saturated carbocycles. The Kier molecular flexibility index (Phi) is 2.84. The Bertz CT molecular complexity index is 401. The van der Waals surface area contributed by atoms with Crippen LogP contribution in [0.25, 0.3) is 0 Å². The number of ether oxygens (including phenoxy) is 1. The number of aromatic nitrogens is 2. The van der Waals surface area contributed by atoms with E-state index in [1.165, 1.54) is 12.8 Å². The minimum atomic E-state index is -0.472. The summed E-state index contributed by atoms with van der Waals surface area (Å²) in [5, 5.41) is 0. The van der Waals surface area contributed by atoms with E-state index in [1.54, 1.807) is 7.11 Å². The van der Waals surface area contributed by atoms with Crippen LogP contribution in [-0.4, -0.2) is 17.1 Å². The van der Waals surface area contributed by atoms with Gasteiger partial charge in [0, 0.05) is 18.4 Å². The molecular weight excluding hydrogens is 202 g/mol. The van der Waals surface area contributed by atoms with Crippen molar-refractivity contribution in [2.24, 2.45) is 0 Å². The summed E-state index contributed by atoms with van der Waals surface area (Å²) in [6.07, 6.45) is 4.40. The van der Waals surface area contributed by atoms with Crippen molar-refractivity contribution in [1.82, 2.24) is 9.97 Å². The molecule has 1 aliphatic carbocycles. The summed E-state index contributed by atoms with van der Waals surface area (Å²) in [6, 6.07) is 0. The number of fused-ring (bicyclic) bond motifs is 1. The molecule has 0 aromatic carbocycles. The van der Waals surface area contributed by atoms with Crippen LogP contribution in [0.2, 0.25) is 0 Å². The van der Waals surface area contributed by atoms with Gasteiger partial charge < -0.3 is 10.5 Å². The normalized spacial score (nSPS) is 15.9. The molecule has 0 unspecified atom stereocenters. The maximum Gasteiger partial charge on any atom is 0.162 e. The fraction of sp³-hybridized carbons (Fsp3) is 0.667. The number of methoxy groups -OCH3 is 1. The van der Waals surface area contributed by atoms with Gasteiger partial charge in [-0.3, -0.25) is 0 Å². The molecule has 0 amide bonds. The molecule has 0 bridgehead atoms. The Morgan fingerprint density at radius 1 is 1.19 bits per heavy atom. The highest BCUT2D eigenvalue weighted by atomic mass is 16.5. The average Bonchev–Trinajstić information content (AvgIpc) is 2.29. The van der Waals surface area contributed by atoms with Gasteiger partial charge in [-0.05, 0) is 39.5 Å². The van der Waals surface area contributed by atoms with E-state index in [-0.39, 0.29) is 0 Å². The van der Waals surface area contributed by atoms with Gasteiger partial charge in [0.25, 0.3) is 0 Å². The second-order valence-electron chi connectivity index (χ2n) is 4.78. The number of hydrogen-bond donors (Lipinski definition) is 1. The van der Waals surface area contributed by atoms with E-state index in [9.17, 15) is 0 Å². The molecule has 4 heteroatoms. The summed E-state index contributed by atoms with van der Waals surface area (Å²) in [4.78, 5) is 8.97. The first kappa shape index (κ1) is 11.3. The first-order valence-electron chi connectivity index (χ1n) is 5.75. The van der Waals surface area contributed by atoms with E-state index in [0.29, 0.717) is 11.6 Å². The molecule has 0 saturated heterocycles. The first-order chi connectivity index (χ1) is 7.54. The van der Waals surface area contributed by atoms with E-state index in [4.69, 9.17) is 10.5 Å². The Morgan fingerprint density at radius 2 is 1.88 bits per heavy atom. The van der Waals surface area contributed by atoms with Gasteiger partial charge in [0.15, 0.2) is 5.82 Å². The van der Waals surface area contributed by atoms with Crippen LogP contribution in [0.3, 0.4) is 0 Å². The smallest absolute Gasteiger partial charge is 0.162 e. The molecule has 4 nitrogen and oxygen atoms in total. The number of anilines is 1. The van der Waals surface area contributed by atoms with Gasteiger partial charge in [-0.15, -0.1) is 0 Å². The summed E-state index contributed by atoms with van der Waals surface area (Å²) in [5.74, 6) is 1.32. The second kappa shape index (κ2) is 4.01. The largest absolute Gasteiger partial charge is 0.383 e. The molecule has 2 rings (SSSR count). The molecule has 0 aliphatic heterocycles. The fourth-order valence-electron chi connectivity index (χ4n) is 1.98. The van der Waals surface area contributed by atoms with Crippen molar-refractivity contribution in [3.8, 4) is 0 Å². The van der Waals surface area contributed by atoms with Crippen LogP contribution in [0.4, 0.5) is 5.82 Å². The third-order valence-corrected chi connectivity index (χ3v) is 3.26. The van der Waals surface area contributed by atoms with Crippen molar-refractivity contribution in [3.63, 3.8) is 0 Å². The SMILES string of the molecule is COC(C)(C)c1nc(N)c2c(n1)CCCC2. The van der Waals surface area contributed by atoms with Crippen LogP contribution in [0.15, 0.2) is 0 Å². The van der Waals surface area contributed by atoms with E-state index in [0.717, 1.165) is 24.1 Å². The lowest BCUT2D eigenvalue weighted by Crippen LogP contribution is -2.25. The molecule has 0 spiro atoms. The number of hydrogen-bond acceptors (Lipinski definition) is 4. The Labute approximate surface area is 96.2 Å². The molecule has 0 radical (unpaired) electrons. The Hall–Kier alpha value is -1.16. The van der Waals surface area contributed by atoms with Crippen molar-refractivity contribution in [2.45, 2.75) is 45.1 Å². The quantitative estimate of drug-likeness (QED) is 0.827. The minimum absolute atomic E-state index is 0.472. The molecule has 1 aliphatic rings. The molecule has 2 N–H and O–H groups in total. The van der Waals surface area contributed by atoms with E-state index in [1.807, 2.05) is 13.8 Å². The number of nitrogen functional groups attached to an aromatic ring is 1. The summed E-state index contributed by atoms with van der Waals surface area (Å²) in [7, 11) is 1.67. The molecule has 1 heterocycles. The molecule has 16 heavy (non-hydrogen) atoms. The summed E-state index contributed by atoms with van der Waals surface area (Å²) in [6.45, 7) is 3.91. The van der Waals surface area contributed by atoms with Crippen molar-refractivity contribution < 1.29 is 4.74 Å². The van der Waals surface area contributed by atoms with Gasteiger partial charge in [-0.25, -0.2) is 9.97 Å². The van der Waals surface area contributed by atoms with Crippen molar-refractivity contribution in [2.75, 3.05) is 12.8 Å². The van der Waals surface area contributed by atoms with Gasteiger partial charge in [0.1, 0.15) is 11.4 Å². The third kappa shape index (κ3) is 1.89. The minimum Gasteiger partial charge on any atom is -0.383 e. The van der Waals surface area contributed by atoms with Crippen molar-refractivity contribution in [1.29, 1.82) is 0 Å². The van der Waals surface area contributed by atoms with E-state index < -0.39 is 5.60 Å². The van der Waals surface area contributed by atoms with Crippen molar-refractivity contribution in [3.05, 3.63) is 17.1 Å². The topological polar surface area (TPSA) is 61.0 Å². The predicted molar refractivity (Wildman–Crippen MR) is 63.1 cm³/mol. The predicted octanol–water partition coefficient (Wildman–Crippen LogP) is 1.82. The van der Waals surface area contributed by atoms with Crippen LogP contribution in [0, 0.1) is 0 Å². The van der Waals surface area contributed by atoms with Gasteiger partial charge in [-0.2, -0.15) is 0 Å². The molecule has 1 aromatic rings. The number of nitrogens with zero attached hydrogens (tertiary/aromatic N) is 2. The summed E-state index contributed by atoms with van der Waals surface area (Å²) >= 11 is 0. The lowest BCUT2D eigenvalue weighted by atomic mass is 9.96. The lowest BCUT2D eigenvalue weighted by Gasteiger charge is -2.24. The Balaban J connectivity index is 2.47. The van der Waals surface area contributed by atoms with Crippen LogP contribution < -0.4 is 5.73 Å². The molecule has 1 aromatic heterocycles. The zero-order chi connectivity index (χ0) is 11.8. The number of rotatable bonds is 2. The molecule has 0 fully saturated rings. The summed E-state index contributed by atoms with van der Waals surface area (Å²) < 4.78 is 5.39. The highest BCUT2D eigenvalue weighted by Gasteiger charge is 2.26. The molecular formula is C12H19N3O. The second-order valence-corrected chi connectivity index (χ2v) is 4.78. The van der Waals surface area contributed by atoms with Crippen LogP contribution >= 0.6 is 0 Å². The van der Waals surface area contributed by atoms with Crippen molar-refractivity contribution >= 4 is 5.82 Å². The highest BCUT2D eigenvalue weighted by molar-refractivity contribution is 5.44. The molecule has 88 valence electrons. The van der Waals surface area contributed by atoms with Gasteiger partial charge >= 0.3 is 0 Å². The third-order valence-electron chi connectivity index (χ3n) is 3.26. The Morgan fingerprint density at radius 3 is 2.56 bits per heavy atom. The van der Waals surface area contributed by atoms with Crippen LogP contribution in [0.1, 0.15) is 43.8 Å². The van der Waals surface area contributed by atoms with Crippen LogP contribution in [-0.2, 0) is 23.2 Å². The molecule has 0 atom stereocenters. The van der Waals surface area contributed by atoms with Crippen LogP contribution in [0.5, 0.6) is 0 Å². The van der Waals surface area contributed by atoms with E-state index >= 15 is 0 Å². The standard InChI is InChI=1S/C12H19N3O/c1-12(2,16-3)11-14-9-7-5-4-6-8(9)10(13)15-11/h4-7H2,1-3H3,(H2,13,14,15). The summed E-state index contributed by atoms with van der Waals surface area (Å²) in [5.41, 5.74) is 7.77. The highest BCUT2D eigenvalue weighted by Crippen LogP contribution is 2.27. The average molecular weight is 221 g/mol. The maximum absolute atomic E-state index is 5.99. The zero-order valence-corrected chi connectivity index (χ0v) is 10.2. The number of aryl methyl sites for hydroxylation is 1. The first-order valence-corrected chi connectivity index (χ1v) is 5.75. The van der Waals surface area contributed by atoms with Gasteiger partial charge in [0.05, 0.1) is 0 Å². The van der Waals surface area contributed by atoms with Gasteiger partial charge in [-0.1, -0.05) is 0 Å².